The third-order valence-corrected chi connectivity index (χ3v) is 16.1. The van der Waals surface area contributed by atoms with Gasteiger partial charge in [0.25, 0.3) is 0 Å². The first-order chi connectivity index (χ1) is 45.6. The van der Waals surface area contributed by atoms with E-state index in [2.05, 4.69) is 0 Å². The number of carbonyl (C=O) groups excluding carboxylic acids is 4. The van der Waals surface area contributed by atoms with Gasteiger partial charge in [-0.05, 0) is 84.6 Å². The van der Waals surface area contributed by atoms with Crippen molar-refractivity contribution in [2.24, 2.45) is 0 Å². The van der Waals surface area contributed by atoms with E-state index >= 15 is 4.79 Å². The average Bonchev–Trinajstić information content (AvgIpc) is 0.778. The van der Waals surface area contributed by atoms with Crippen LogP contribution >= 0.6 is 0 Å². The molecule has 3 saturated heterocycles. The SMILES string of the molecule is CO[C@@H]1O[C@@H](C)[C@H](OC(=O)c2ccccc2)[C@@H](O[C@@H]2O[C@@H](C)[C@H](OC(=O)c3ccccc3)[C@@H](O[C@H]3O[C@H](COCc4ccccc4)[C@@H](OCc4ccccc4)[C@H](OCc4ccccc4)[C@H]3OCc3ccccc3)[C@H]2OC(=O)c2ccccc2)[C@H]1OC(=O)c1ccccc1. The largest absolute Gasteiger partial charge is 0.453 e. The molecule has 18 heteroatoms. The van der Waals surface area contributed by atoms with E-state index < -0.39 is 116 Å². The minimum Gasteiger partial charge on any atom is -0.453 e. The van der Waals surface area contributed by atoms with E-state index in [-0.39, 0.29) is 55.3 Å². The Morgan fingerprint density at radius 2 is 0.602 bits per heavy atom. The van der Waals surface area contributed by atoms with Gasteiger partial charge in [0.1, 0.15) is 36.6 Å². The van der Waals surface area contributed by atoms with Crippen molar-refractivity contribution in [3.8, 4) is 0 Å². The van der Waals surface area contributed by atoms with Crippen molar-refractivity contribution in [3.05, 3.63) is 287 Å². The molecule has 0 unspecified atom stereocenters. The summed E-state index contributed by atoms with van der Waals surface area (Å²) in [5.41, 5.74) is 4.11. The number of esters is 4. The molecule has 0 saturated carbocycles. The lowest BCUT2D eigenvalue weighted by Crippen LogP contribution is -2.68. The molecule has 0 N–H and O–H groups in total. The fraction of sp³-hybridized carbons (Fsp3) is 0.307. The number of hydrogen-bond donors (Lipinski definition) is 0. The van der Waals surface area contributed by atoms with Crippen LogP contribution in [-0.4, -0.2) is 130 Å². The first kappa shape index (κ1) is 65.7. The Morgan fingerprint density at radius 1 is 0.312 bits per heavy atom. The molecule has 8 aromatic carbocycles. The number of methoxy groups -OCH3 is 1. The van der Waals surface area contributed by atoms with Gasteiger partial charge in [-0.3, -0.25) is 0 Å². The van der Waals surface area contributed by atoms with Gasteiger partial charge < -0.3 is 66.3 Å². The fourth-order valence-corrected chi connectivity index (χ4v) is 11.4. The maximum atomic E-state index is 15.0. The normalized spacial score (nSPS) is 26.0. The molecule has 0 aliphatic carbocycles. The van der Waals surface area contributed by atoms with Crippen LogP contribution < -0.4 is 0 Å². The zero-order valence-corrected chi connectivity index (χ0v) is 51.6. The predicted octanol–water partition coefficient (Wildman–Crippen LogP) is 11.5. The van der Waals surface area contributed by atoms with Crippen molar-refractivity contribution in [2.45, 2.75) is 132 Å². The van der Waals surface area contributed by atoms with Gasteiger partial charge in [0.2, 0.25) is 0 Å². The maximum Gasteiger partial charge on any atom is 0.338 e. The number of rotatable bonds is 26. The van der Waals surface area contributed by atoms with Gasteiger partial charge in [-0.2, -0.15) is 0 Å². The maximum absolute atomic E-state index is 15.0. The van der Waals surface area contributed by atoms with Gasteiger partial charge >= 0.3 is 23.9 Å². The van der Waals surface area contributed by atoms with Gasteiger partial charge in [0.15, 0.2) is 43.3 Å². The molecule has 15 atom stereocenters. The van der Waals surface area contributed by atoms with Crippen molar-refractivity contribution < 1.29 is 85.5 Å². The quantitative estimate of drug-likeness (QED) is 0.0366. The monoisotopic (exact) mass is 1260 g/mol. The van der Waals surface area contributed by atoms with Crippen molar-refractivity contribution >= 4 is 23.9 Å². The summed E-state index contributed by atoms with van der Waals surface area (Å²) in [6, 6.07) is 71.7. The van der Waals surface area contributed by atoms with Crippen LogP contribution in [0.5, 0.6) is 0 Å². The van der Waals surface area contributed by atoms with Gasteiger partial charge in [-0.25, -0.2) is 19.2 Å². The first-order valence-electron chi connectivity index (χ1n) is 31.0. The third kappa shape index (κ3) is 17.3. The molecule has 0 radical (unpaired) electrons. The zero-order valence-electron chi connectivity index (χ0n) is 51.6. The molecule has 482 valence electrons. The number of hydrogen-bond acceptors (Lipinski definition) is 18. The van der Waals surface area contributed by atoms with Crippen LogP contribution in [0.15, 0.2) is 243 Å². The smallest absolute Gasteiger partial charge is 0.338 e. The van der Waals surface area contributed by atoms with E-state index in [1.807, 2.05) is 121 Å². The molecule has 3 aliphatic rings. The number of ether oxygens (including phenoxy) is 14. The number of carbonyl (C=O) groups is 4. The summed E-state index contributed by atoms with van der Waals surface area (Å²) in [6.45, 7) is 3.66. The van der Waals surface area contributed by atoms with E-state index in [4.69, 9.17) is 66.3 Å². The van der Waals surface area contributed by atoms with Crippen LogP contribution in [0.1, 0.15) is 77.5 Å². The van der Waals surface area contributed by atoms with E-state index in [0.29, 0.717) is 0 Å². The van der Waals surface area contributed by atoms with E-state index in [1.54, 1.807) is 135 Å². The second-order valence-electron chi connectivity index (χ2n) is 22.6. The van der Waals surface area contributed by atoms with Crippen LogP contribution in [0.3, 0.4) is 0 Å². The molecule has 3 aliphatic heterocycles. The summed E-state index contributed by atoms with van der Waals surface area (Å²) < 4.78 is 94.7. The second-order valence-corrected chi connectivity index (χ2v) is 22.6. The molecule has 0 aromatic heterocycles. The Hall–Kier alpha value is -8.76. The molecule has 93 heavy (non-hydrogen) atoms. The van der Waals surface area contributed by atoms with Gasteiger partial charge in [-0.15, -0.1) is 0 Å². The summed E-state index contributed by atoms with van der Waals surface area (Å²) in [7, 11) is 1.36. The summed E-state index contributed by atoms with van der Waals surface area (Å²) in [6.07, 6.45) is -20.2. The van der Waals surface area contributed by atoms with E-state index in [9.17, 15) is 14.4 Å². The van der Waals surface area contributed by atoms with Crippen LogP contribution in [0.2, 0.25) is 0 Å². The lowest BCUT2D eigenvalue weighted by Gasteiger charge is -2.50. The van der Waals surface area contributed by atoms with E-state index in [0.717, 1.165) is 22.3 Å². The molecule has 18 nitrogen and oxygen atoms in total. The van der Waals surface area contributed by atoms with Gasteiger partial charge in [0, 0.05) is 7.11 Å². The Bertz CT molecular complexity index is 3580. The molecule has 11 rings (SSSR count). The molecule has 3 heterocycles. The zero-order chi connectivity index (χ0) is 64.3. The second kappa shape index (κ2) is 32.7. The summed E-state index contributed by atoms with van der Waals surface area (Å²) in [5, 5.41) is 0. The topological polar surface area (TPSA) is 197 Å². The molecule has 0 amide bonds. The molecule has 3 fully saturated rings. The van der Waals surface area contributed by atoms with E-state index in [1.165, 1.54) is 7.11 Å². The third-order valence-electron chi connectivity index (χ3n) is 16.1. The standard InChI is InChI=1S/C75H74O18/c1-49-60(88-69(76)55-36-20-8-21-37-55)64(67(73(80-3)85-49)90-71(78)57-40-24-10-25-41-57)93-75-68(91-72(79)58-42-26-11-27-43-58)65(61(50(2)86-75)89-70(77)56-38-22-9-23-39-56)92-74-66(84-47-54-34-18-7-19-35-54)63(83-46-53-32-16-6-17-33-53)62(82-45-52-30-14-5-15-31-52)59(87-74)48-81-44-51-28-12-4-13-29-51/h4-43,49-50,59-68,73-75H,44-48H2,1-3H3/t49-,50-,59+,60-,61-,62+,63-,64+,65+,66+,67+,68+,73+,74+,75-/m0/s1. The van der Waals surface area contributed by atoms with Gasteiger partial charge in [0.05, 0.1) is 67.5 Å². The molecule has 0 bridgehead atoms. The summed E-state index contributed by atoms with van der Waals surface area (Å²) in [4.78, 5) is 58.3. The highest BCUT2D eigenvalue weighted by molar-refractivity contribution is 5.91. The van der Waals surface area contributed by atoms with Crippen molar-refractivity contribution in [1.82, 2.24) is 0 Å². The number of benzene rings is 8. The fourth-order valence-electron chi connectivity index (χ4n) is 11.4. The van der Waals surface area contributed by atoms with Crippen molar-refractivity contribution in [3.63, 3.8) is 0 Å². The predicted molar refractivity (Wildman–Crippen MR) is 338 cm³/mol. The van der Waals surface area contributed by atoms with Crippen molar-refractivity contribution in [1.29, 1.82) is 0 Å². The van der Waals surface area contributed by atoms with Gasteiger partial charge in [-0.1, -0.05) is 194 Å². The van der Waals surface area contributed by atoms with Crippen molar-refractivity contribution in [2.75, 3.05) is 13.7 Å². The highest BCUT2D eigenvalue weighted by Gasteiger charge is 2.58. The highest BCUT2D eigenvalue weighted by Crippen LogP contribution is 2.39. The minimum absolute atomic E-state index is 0.0179. The Kier molecular flexibility index (Phi) is 23.1. The summed E-state index contributed by atoms with van der Waals surface area (Å²) in [5.74, 6) is -3.20. The Morgan fingerprint density at radius 3 is 0.968 bits per heavy atom. The molecule has 0 spiro atoms. The molecular formula is C75H74O18. The summed E-state index contributed by atoms with van der Waals surface area (Å²) >= 11 is 0. The Balaban J connectivity index is 1.05. The molecular weight excluding hydrogens is 1190 g/mol. The minimum atomic E-state index is -1.75. The van der Waals surface area contributed by atoms with Crippen LogP contribution in [0.25, 0.3) is 0 Å². The highest BCUT2D eigenvalue weighted by atomic mass is 16.8. The average molecular weight is 1260 g/mol. The Labute approximate surface area is 540 Å². The molecule has 8 aromatic rings. The van der Waals surface area contributed by atoms with Crippen LogP contribution in [0.4, 0.5) is 0 Å². The first-order valence-corrected chi connectivity index (χ1v) is 31.0. The lowest BCUT2D eigenvalue weighted by molar-refractivity contribution is -0.380. The van der Waals surface area contributed by atoms with Crippen LogP contribution in [0, 0.1) is 0 Å². The lowest BCUT2D eigenvalue weighted by atomic mass is 9.95. The van der Waals surface area contributed by atoms with Crippen LogP contribution in [-0.2, 0) is 92.7 Å².